The molecule has 0 aromatic heterocycles. The Labute approximate surface area is 80.0 Å². The van der Waals surface area contributed by atoms with Gasteiger partial charge in [0.25, 0.3) is 0 Å². The second kappa shape index (κ2) is 7.47. The number of nitroso groups, excluding NO2 is 1. The van der Waals surface area contributed by atoms with Crippen molar-refractivity contribution >= 4 is 0 Å². The zero-order chi connectivity index (χ0) is 10.1. The first kappa shape index (κ1) is 11.8. The average molecular weight is 179 g/mol. The molecule has 1 rings (SSSR count). The van der Waals surface area contributed by atoms with Crippen LogP contribution in [0.25, 0.3) is 0 Å². The summed E-state index contributed by atoms with van der Waals surface area (Å²) >= 11 is 0. The molecule has 0 aliphatic heterocycles. The summed E-state index contributed by atoms with van der Waals surface area (Å²) in [5.41, 5.74) is 2.27. The zero-order valence-corrected chi connectivity index (χ0v) is 8.58. The van der Waals surface area contributed by atoms with Crippen LogP contribution < -0.4 is 0 Å². The lowest BCUT2D eigenvalue weighted by Gasteiger charge is -1.96. The van der Waals surface area contributed by atoms with E-state index in [0.717, 1.165) is 12.0 Å². The summed E-state index contributed by atoms with van der Waals surface area (Å²) in [6.07, 6.45) is 1.04. The minimum absolute atomic E-state index is 0.282. The predicted octanol–water partition coefficient (Wildman–Crippen LogP) is 3.54. The van der Waals surface area contributed by atoms with Crippen molar-refractivity contribution in [3.05, 3.63) is 40.3 Å². The van der Waals surface area contributed by atoms with Crippen LogP contribution in [0.5, 0.6) is 0 Å². The Bertz CT molecular complexity index is 228. The van der Waals surface area contributed by atoms with E-state index >= 15 is 0 Å². The second-order valence-electron chi connectivity index (χ2n) is 2.46. The molecule has 0 saturated heterocycles. The van der Waals surface area contributed by atoms with Gasteiger partial charge in [0.1, 0.15) is 6.54 Å². The minimum Gasteiger partial charge on any atom is -0.150 e. The van der Waals surface area contributed by atoms with E-state index in [0.29, 0.717) is 0 Å². The first-order chi connectivity index (χ1) is 6.36. The highest BCUT2D eigenvalue weighted by Gasteiger charge is 1.91. The highest BCUT2D eigenvalue weighted by atomic mass is 16.3. The zero-order valence-electron chi connectivity index (χ0n) is 8.58. The summed E-state index contributed by atoms with van der Waals surface area (Å²) in [6, 6.07) is 7.95. The van der Waals surface area contributed by atoms with Crippen LogP contribution in [0.2, 0.25) is 0 Å². The third-order valence-electron chi connectivity index (χ3n) is 1.68. The minimum atomic E-state index is 0.282. The number of nitrogens with zero attached hydrogens (tertiary/aromatic N) is 1. The van der Waals surface area contributed by atoms with E-state index in [2.05, 4.69) is 12.1 Å². The van der Waals surface area contributed by atoms with Crippen molar-refractivity contribution in [3.8, 4) is 0 Å². The Balaban J connectivity index is 0.000000671. The van der Waals surface area contributed by atoms with E-state index in [4.69, 9.17) is 0 Å². The second-order valence-corrected chi connectivity index (χ2v) is 2.46. The summed E-state index contributed by atoms with van der Waals surface area (Å²) in [5.74, 6) is 0. The molecule has 72 valence electrons. The molecule has 0 spiro atoms. The number of hydrogen-bond acceptors (Lipinski definition) is 2. The Kier molecular flexibility index (Phi) is 6.79. The van der Waals surface area contributed by atoms with Gasteiger partial charge in [-0.1, -0.05) is 50.2 Å². The standard InChI is InChI=1S/C9H11NO.C2H6/c1-2-8-3-5-9(6-4-8)7-10-11;1-2/h3-6H,2,7H2,1H3;1-2H3. The molecule has 1 aromatic rings. The summed E-state index contributed by atoms with van der Waals surface area (Å²) in [6.45, 7) is 6.39. The van der Waals surface area contributed by atoms with Crippen LogP contribution in [0, 0.1) is 4.91 Å². The van der Waals surface area contributed by atoms with Crippen molar-refractivity contribution in [1.82, 2.24) is 0 Å². The molecule has 2 nitrogen and oxygen atoms in total. The number of hydrogen-bond donors (Lipinski definition) is 0. The third kappa shape index (κ3) is 4.41. The fourth-order valence-electron chi connectivity index (χ4n) is 0.955. The van der Waals surface area contributed by atoms with Crippen LogP contribution in [0.1, 0.15) is 31.9 Å². The van der Waals surface area contributed by atoms with E-state index in [1.54, 1.807) is 0 Å². The van der Waals surface area contributed by atoms with E-state index < -0.39 is 0 Å². The van der Waals surface area contributed by atoms with Crippen molar-refractivity contribution in [3.63, 3.8) is 0 Å². The Morgan fingerprint density at radius 1 is 1.08 bits per heavy atom. The lowest BCUT2D eigenvalue weighted by Crippen LogP contribution is -1.82. The fraction of sp³-hybridized carbons (Fsp3) is 0.455. The van der Waals surface area contributed by atoms with Crippen molar-refractivity contribution in [1.29, 1.82) is 0 Å². The molecule has 0 amide bonds. The van der Waals surface area contributed by atoms with Gasteiger partial charge in [0.2, 0.25) is 0 Å². The molecule has 0 fully saturated rings. The summed E-state index contributed by atoms with van der Waals surface area (Å²) < 4.78 is 0. The first-order valence-electron chi connectivity index (χ1n) is 4.73. The molecule has 0 radical (unpaired) electrons. The van der Waals surface area contributed by atoms with Gasteiger partial charge in [0.15, 0.2) is 0 Å². The van der Waals surface area contributed by atoms with Gasteiger partial charge >= 0.3 is 0 Å². The largest absolute Gasteiger partial charge is 0.150 e. The molecule has 0 saturated carbocycles. The maximum absolute atomic E-state index is 9.88. The Morgan fingerprint density at radius 2 is 1.54 bits per heavy atom. The van der Waals surface area contributed by atoms with Crippen LogP contribution in [-0.2, 0) is 13.0 Å². The Hall–Kier alpha value is -1.18. The lowest BCUT2D eigenvalue weighted by molar-refractivity contribution is 1.04. The molecule has 0 heterocycles. The predicted molar refractivity (Wildman–Crippen MR) is 56.7 cm³/mol. The van der Waals surface area contributed by atoms with Crippen molar-refractivity contribution < 1.29 is 0 Å². The van der Waals surface area contributed by atoms with E-state index in [9.17, 15) is 4.91 Å². The van der Waals surface area contributed by atoms with Crippen molar-refractivity contribution in [2.75, 3.05) is 0 Å². The van der Waals surface area contributed by atoms with Gasteiger partial charge in [0, 0.05) is 0 Å². The molecule has 0 aliphatic rings. The molecule has 1 aromatic carbocycles. The highest BCUT2D eigenvalue weighted by Crippen LogP contribution is 2.05. The van der Waals surface area contributed by atoms with Gasteiger partial charge in [-0.25, -0.2) is 0 Å². The molecule has 0 unspecified atom stereocenters. The van der Waals surface area contributed by atoms with Crippen LogP contribution >= 0.6 is 0 Å². The lowest BCUT2D eigenvalue weighted by atomic mass is 10.1. The molecule has 0 N–H and O–H groups in total. The maximum atomic E-state index is 9.88. The van der Waals surface area contributed by atoms with E-state index in [-0.39, 0.29) is 6.54 Å². The highest BCUT2D eigenvalue weighted by molar-refractivity contribution is 5.22. The third-order valence-corrected chi connectivity index (χ3v) is 1.68. The fourth-order valence-corrected chi connectivity index (χ4v) is 0.955. The molecule has 2 heteroatoms. The topological polar surface area (TPSA) is 29.4 Å². The van der Waals surface area contributed by atoms with Gasteiger partial charge in [-0.05, 0) is 17.5 Å². The van der Waals surface area contributed by atoms with Crippen LogP contribution in [0.15, 0.2) is 29.4 Å². The van der Waals surface area contributed by atoms with Gasteiger partial charge in [0.05, 0.1) is 0 Å². The van der Waals surface area contributed by atoms with Crippen LogP contribution in [0.4, 0.5) is 0 Å². The SMILES string of the molecule is CC.CCc1ccc(CN=O)cc1. The normalized spacial score (nSPS) is 8.54. The molecule has 0 bridgehead atoms. The maximum Gasteiger partial charge on any atom is 0.106 e. The van der Waals surface area contributed by atoms with Gasteiger partial charge in [-0.3, -0.25) is 0 Å². The van der Waals surface area contributed by atoms with Gasteiger partial charge < -0.3 is 0 Å². The van der Waals surface area contributed by atoms with Gasteiger partial charge in [-0.2, -0.15) is 4.91 Å². The van der Waals surface area contributed by atoms with E-state index in [1.807, 2.05) is 38.1 Å². The summed E-state index contributed by atoms with van der Waals surface area (Å²) in [7, 11) is 0. The molecule has 0 aliphatic carbocycles. The number of benzene rings is 1. The molecule has 13 heavy (non-hydrogen) atoms. The van der Waals surface area contributed by atoms with Crippen molar-refractivity contribution in [2.45, 2.75) is 33.7 Å². The summed E-state index contributed by atoms with van der Waals surface area (Å²) in [4.78, 5) is 9.88. The van der Waals surface area contributed by atoms with Crippen LogP contribution in [0.3, 0.4) is 0 Å². The average Bonchev–Trinajstić information content (AvgIpc) is 2.23. The van der Waals surface area contributed by atoms with Gasteiger partial charge in [-0.15, -0.1) is 0 Å². The summed E-state index contributed by atoms with van der Waals surface area (Å²) in [5, 5.41) is 2.81. The van der Waals surface area contributed by atoms with E-state index in [1.165, 1.54) is 5.56 Å². The number of rotatable bonds is 3. The smallest absolute Gasteiger partial charge is 0.106 e. The van der Waals surface area contributed by atoms with Crippen molar-refractivity contribution in [2.24, 2.45) is 5.18 Å². The molecule has 0 atom stereocenters. The Morgan fingerprint density at radius 3 is 1.92 bits per heavy atom. The monoisotopic (exact) mass is 179 g/mol. The molecular formula is C11H17NO. The first-order valence-corrected chi connectivity index (χ1v) is 4.73. The quantitative estimate of drug-likeness (QED) is 0.652. The van der Waals surface area contributed by atoms with Crippen LogP contribution in [-0.4, -0.2) is 0 Å². The number of aryl methyl sites for hydroxylation is 1. The molecular weight excluding hydrogens is 162 g/mol.